The Morgan fingerprint density at radius 3 is 2.75 bits per heavy atom. The molecule has 1 heterocycles. The number of benzene rings is 2. The summed E-state index contributed by atoms with van der Waals surface area (Å²) in [5.41, 5.74) is 3.42. The van der Waals surface area contributed by atoms with Crippen LogP contribution in [-0.4, -0.2) is 26.7 Å². The topological polar surface area (TPSA) is 75.6 Å². The Balaban J connectivity index is 1.72. The van der Waals surface area contributed by atoms with Crippen molar-refractivity contribution in [2.24, 2.45) is 0 Å². The van der Waals surface area contributed by atoms with Gasteiger partial charge < -0.3 is 9.84 Å². The van der Waals surface area contributed by atoms with Crippen molar-refractivity contribution >= 4 is 10.0 Å². The summed E-state index contributed by atoms with van der Waals surface area (Å²) in [6.07, 6.45) is -0.0964. The maximum absolute atomic E-state index is 12.4. The highest BCUT2D eigenvalue weighted by Gasteiger charge is 2.20. The lowest BCUT2D eigenvalue weighted by molar-refractivity contribution is 0.182. The average molecular weight is 347 g/mol. The fraction of sp³-hybridized carbons (Fsp3) is 0.333. The van der Waals surface area contributed by atoms with Gasteiger partial charge >= 0.3 is 0 Å². The molecule has 2 aromatic carbocycles. The molecule has 0 saturated heterocycles. The lowest BCUT2D eigenvalue weighted by Gasteiger charge is -2.15. The summed E-state index contributed by atoms with van der Waals surface area (Å²) in [6.45, 7) is 4.25. The zero-order valence-corrected chi connectivity index (χ0v) is 14.6. The smallest absolute Gasteiger partial charge is 0.240 e. The zero-order valence-electron chi connectivity index (χ0n) is 13.7. The van der Waals surface area contributed by atoms with Gasteiger partial charge in [-0.1, -0.05) is 23.8 Å². The van der Waals surface area contributed by atoms with Crippen LogP contribution in [0, 0.1) is 13.8 Å². The molecular weight excluding hydrogens is 326 g/mol. The second kappa shape index (κ2) is 6.55. The Hall–Kier alpha value is -1.89. The molecule has 1 aliphatic rings. The van der Waals surface area contributed by atoms with Crippen molar-refractivity contribution in [1.29, 1.82) is 0 Å². The molecule has 3 rings (SSSR count). The Bertz CT molecular complexity index is 861. The fourth-order valence-corrected chi connectivity index (χ4v) is 4.16. The first-order valence-corrected chi connectivity index (χ1v) is 9.36. The molecule has 1 unspecified atom stereocenters. The number of sulfonamides is 1. The van der Waals surface area contributed by atoms with E-state index in [1.165, 1.54) is 0 Å². The third-order valence-corrected chi connectivity index (χ3v) is 5.77. The van der Waals surface area contributed by atoms with Crippen LogP contribution in [0.15, 0.2) is 41.3 Å². The Labute approximate surface area is 142 Å². The Kier molecular flexibility index (Phi) is 4.62. The molecule has 0 aromatic heterocycles. The Morgan fingerprint density at radius 2 is 2.00 bits per heavy atom. The van der Waals surface area contributed by atoms with E-state index in [1.54, 1.807) is 25.1 Å². The SMILES string of the molecule is Cc1ccc(S(=O)(=O)NCC(O)c2ccc3c(c2)CCO3)c(C)c1. The van der Waals surface area contributed by atoms with Crippen molar-refractivity contribution in [3.63, 3.8) is 0 Å². The molecule has 0 saturated carbocycles. The minimum Gasteiger partial charge on any atom is -0.493 e. The van der Waals surface area contributed by atoms with Crippen molar-refractivity contribution in [3.8, 4) is 5.75 Å². The van der Waals surface area contributed by atoms with Crippen molar-refractivity contribution in [3.05, 3.63) is 58.7 Å². The summed E-state index contributed by atoms with van der Waals surface area (Å²) >= 11 is 0. The number of fused-ring (bicyclic) bond motifs is 1. The van der Waals surface area contributed by atoms with Crippen molar-refractivity contribution in [2.75, 3.05) is 13.2 Å². The van der Waals surface area contributed by atoms with E-state index >= 15 is 0 Å². The average Bonchev–Trinajstić information content (AvgIpc) is 2.99. The minimum absolute atomic E-state index is 0.0741. The van der Waals surface area contributed by atoms with E-state index < -0.39 is 16.1 Å². The first-order chi connectivity index (χ1) is 11.4. The van der Waals surface area contributed by atoms with Gasteiger partial charge in [-0.05, 0) is 48.7 Å². The highest BCUT2D eigenvalue weighted by molar-refractivity contribution is 7.89. The molecule has 2 aromatic rings. The quantitative estimate of drug-likeness (QED) is 0.870. The first kappa shape index (κ1) is 17.0. The van der Waals surface area contributed by atoms with Gasteiger partial charge in [0.05, 0.1) is 17.6 Å². The maximum atomic E-state index is 12.4. The number of hydrogen-bond acceptors (Lipinski definition) is 4. The van der Waals surface area contributed by atoms with Crippen LogP contribution in [0.3, 0.4) is 0 Å². The molecule has 0 fully saturated rings. The van der Waals surface area contributed by atoms with Crippen LogP contribution in [0.25, 0.3) is 0 Å². The largest absolute Gasteiger partial charge is 0.493 e. The van der Waals surface area contributed by atoms with E-state index in [1.807, 2.05) is 25.1 Å². The van der Waals surface area contributed by atoms with E-state index in [-0.39, 0.29) is 11.4 Å². The molecule has 0 bridgehead atoms. The predicted octanol–water partition coefficient (Wildman–Crippen LogP) is 2.25. The van der Waals surface area contributed by atoms with Crippen LogP contribution in [0.5, 0.6) is 5.75 Å². The molecule has 0 spiro atoms. The van der Waals surface area contributed by atoms with Crippen molar-refractivity contribution in [1.82, 2.24) is 4.72 Å². The lowest BCUT2D eigenvalue weighted by atomic mass is 10.0. The van der Waals surface area contributed by atoms with Crippen LogP contribution >= 0.6 is 0 Å². The normalized spacial score (nSPS) is 15.0. The van der Waals surface area contributed by atoms with Crippen LogP contribution in [0.2, 0.25) is 0 Å². The number of rotatable bonds is 5. The number of hydrogen-bond donors (Lipinski definition) is 2. The van der Waals surface area contributed by atoms with E-state index in [0.29, 0.717) is 17.7 Å². The number of ether oxygens (including phenoxy) is 1. The summed E-state index contributed by atoms with van der Waals surface area (Å²) in [5, 5.41) is 10.3. The first-order valence-electron chi connectivity index (χ1n) is 7.87. The zero-order chi connectivity index (χ0) is 17.3. The van der Waals surface area contributed by atoms with Gasteiger partial charge in [-0.25, -0.2) is 13.1 Å². The van der Waals surface area contributed by atoms with Crippen LogP contribution in [0.4, 0.5) is 0 Å². The van der Waals surface area contributed by atoms with E-state index in [9.17, 15) is 13.5 Å². The van der Waals surface area contributed by atoms with E-state index in [4.69, 9.17) is 4.74 Å². The molecule has 2 N–H and O–H groups in total. The molecule has 128 valence electrons. The fourth-order valence-electron chi connectivity index (χ4n) is 2.90. The van der Waals surface area contributed by atoms with Gasteiger partial charge in [-0.15, -0.1) is 0 Å². The molecule has 1 atom stereocenters. The van der Waals surface area contributed by atoms with Gasteiger partial charge in [0.1, 0.15) is 5.75 Å². The molecule has 1 aliphatic heterocycles. The van der Waals surface area contributed by atoms with Gasteiger partial charge in [0, 0.05) is 13.0 Å². The number of aliphatic hydroxyl groups excluding tert-OH is 1. The van der Waals surface area contributed by atoms with E-state index in [0.717, 1.165) is 23.3 Å². The van der Waals surface area contributed by atoms with Crippen molar-refractivity contribution < 1.29 is 18.3 Å². The van der Waals surface area contributed by atoms with Gasteiger partial charge in [0.15, 0.2) is 0 Å². The molecule has 5 nitrogen and oxygen atoms in total. The van der Waals surface area contributed by atoms with Gasteiger partial charge in [0.25, 0.3) is 0 Å². The summed E-state index contributed by atoms with van der Waals surface area (Å²) < 4.78 is 32.8. The summed E-state index contributed by atoms with van der Waals surface area (Å²) in [4.78, 5) is 0.239. The summed E-state index contributed by atoms with van der Waals surface area (Å²) in [5.74, 6) is 0.835. The van der Waals surface area contributed by atoms with Gasteiger partial charge in [-0.2, -0.15) is 0 Å². The molecule has 6 heteroatoms. The monoisotopic (exact) mass is 347 g/mol. The highest BCUT2D eigenvalue weighted by Crippen LogP contribution is 2.28. The highest BCUT2D eigenvalue weighted by atomic mass is 32.2. The van der Waals surface area contributed by atoms with Crippen molar-refractivity contribution in [2.45, 2.75) is 31.3 Å². The van der Waals surface area contributed by atoms with E-state index in [2.05, 4.69) is 4.72 Å². The molecule has 24 heavy (non-hydrogen) atoms. The minimum atomic E-state index is -3.66. The van der Waals surface area contributed by atoms with Gasteiger partial charge in [0.2, 0.25) is 10.0 Å². The third-order valence-electron chi connectivity index (χ3n) is 4.18. The van der Waals surface area contributed by atoms with Crippen LogP contribution in [-0.2, 0) is 16.4 Å². The summed E-state index contributed by atoms with van der Waals surface area (Å²) in [7, 11) is -3.66. The van der Waals surface area contributed by atoms with Crippen LogP contribution in [0.1, 0.15) is 28.4 Å². The maximum Gasteiger partial charge on any atom is 0.240 e. The molecular formula is C18H21NO4S. The number of aryl methyl sites for hydroxylation is 2. The summed E-state index contributed by atoms with van der Waals surface area (Å²) in [6, 6.07) is 10.6. The lowest BCUT2D eigenvalue weighted by Crippen LogP contribution is -2.29. The molecule has 0 amide bonds. The Morgan fingerprint density at radius 1 is 1.21 bits per heavy atom. The third kappa shape index (κ3) is 3.45. The molecule has 0 radical (unpaired) electrons. The standard InChI is InChI=1S/C18H21NO4S/c1-12-3-6-18(13(2)9-12)24(21,22)19-11-16(20)14-4-5-17-15(10-14)7-8-23-17/h3-6,9-10,16,19-20H,7-8,11H2,1-2H3. The molecule has 0 aliphatic carbocycles. The second-order valence-electron chi connectivity index (χ2n) is 6.10. The number of nitrogens with one attached hydrogen (secondary N) is 1. The van der Waals surface area contributed by atoms with Gasteiger partial charge in [-0.3, -0.25) is 0 Å². The number of aliphatic hydroxyl groups is 1. The van der Waals surface area contributed by atoms with Crippen LogP contribution < -0.4 is 9.46 Å². The predicted molar refractivity (Wildman–Crippen MR) is 91.7 cm³/mol. The second-order valence-corrected chi connectivity index (χ2v) is 7.84.